The lowest BCUT2D eigenvalue weighted by Crippen LogP contribution is -2.53. The van der Waals surface area contributed by atoms with Crippen LogP contribution in [0.3, 0.4) is 0 Å². The number of ether oxygens (including phenoxy) is 2. The van der Waals surface area contributed by atoms with Gasteiger partial charge in [0, 0.05) is 12.0 Å². The maximum Gasteiger partial charge on any atom is 0.415 e. The quantitative estimate of drug-likeness (QED) is 0.736. The van der Waals surface area contributed by atoms with Gasteiger partial charge in [0.15, 0.2) is 0 Å². The summed E-state index contributed by atoms with van der Waals surface area (Å²) in [7, 11) is 2.70. The molecular formula is C15H18N2O4. The molecule has 3 rings (SSSR count). The smallest absolute Gasteiger partial charge is 0.415 e. The van der Waals surface area contributed by atoms with Crippen molar-refractivity contribution in [1.29, 1.82) is 0 Å². The summed E-state index contributed by atoms with van der Waals surface area (Å²) in [6.07, 6.45) is -0.524. The Bertz CT molecular complexity index is 603. The van der Waals surface area contributed by atoms with Gasteiger partial charge in [0.2, 0.25) is 0 Å². The van der Waals surface area contributed by atoms with Gasteiger partial charge in [-0.3, -0.25) is 9.80 Å². The number of para-hydroxylation sites is 1. The highest BCUT2D eigenvalue weighted by Crippen LogP contribution is 2.52. The number of anilines is 1. The van der Waals surface area contributed by atoms with Gasteiger partial charge in [-0.1, -0.05) is 25.1 Å². The summed E-state index contributed by atoms with van der Waals surface area (Å²) in [6.45, 7) is 2.62. The lowest BCUT2D eigenvalue weighted by molar-refractivity contribution is 0.110. The Kier molecular flexibility index (Phi) is 3.04. The molecule has 2 amide bonds. The molecule has 1 fully saturated rings. The van der Waals surface area contributed by atoms with Crippen LogP contribution in [0.4, 0.5) is 15.3 Å². The van der Waals surface area contributed by atoms with Crippen molar-refractivity contribution in [2.75, 3.05) is 25.7 Å². The van der Waals surface area contributed by atoms with Crippen molar-refractivity contribution in [2.45, 2.75) is 24.9 Å². The van der Waals surface area contributed by atoms with Crippen molar-refractivity contribution in [2.24, 2.45) is 0 Å². The van der Waals surface area contributed by atoms with Crippen LogP contribution in [0, 0.1) is 0 Å². The summed E-state index contributed by atoms with van der Waals surface area (Å²) < 4.78 is 9.77. The Morgan fingerprint density at radius 3 is 2.52 bits per heavy atom. The average Bonchev–Trinajstić information content (AvgIpc) is 2.97. The molecule has 2 heterocycles. The van der Waals surface area contributed by atoms with Crippen LogP contribution < -0.4 is 4.90 Å². The third-order valence-electron chi connectivity index (χ3n) is 4.54. The SMILES string of the molecule is COC(=O)N1CC[C@@]2(C)c3ccccc3N(C(=O)OC)[C@@H]12. The van der Waals surface area contributed by atoms with Crippen LogP contribution >= 0.6 is 0 Å². The predicted octanol–water partition coefficient (Wildman–Crippen LogP) is 2.33. The Labute approximate surface area is 123 Å². The predicted molar refractivity (Wildman–Crippen MR) is 76.2 cm³/mol. The Morgan fingerprint density at radius 1 is 1.19 bits per heavy atom. The third kappa shape index (κ3) is 1.71. The molecule has 0 N–H and O–H groups in total. The average molecular weight is 290 g/mol. The fourth-order valence-electron chi connectivity index (χ4n) is 3.55. The van der Waals surface area contributed by atoms with Gasteiger partial charge >= 0.3 is 12.2 Å². The van der Waals surface area contributed by atoms with E-state index >= 15 is 0 Å². The molecule has 0 aliphatic carbocycles. The van der Waals surface area contributed by atoms with Crippen LogP contribution in [0.5, 0.6) is 0 Å². The maximum absolute atomic E-state index is 12.2. The molecule has 0 spiro atoms. The van der Waals surface area contributed by atoms with E-state index in [0.29, 0.717) is 6.54 Å². The Morgan fingerprint density at radius 2 is 1.86 bits per heavy atom. The van der Waals surface area contributed by atoms with Gasteiger partial charge < -0.3 is 9.47 Å². The first-order chi connectivity index (χ1) is 10.0. The molecule has 0 aromatic heterocycles. The molecule has 0 unspecified atom stereocenters. The number of hydrogen-bond acceptors (Lipinski definition) is 4. The minimum Gasteiger partial charge on any atom is -0.453 e. The molecule has 21 heavy (non-hydrogen) atoms. The number of carbonyl (C=O) groups excluding carboxylic acids is 2. The molecule has 1 aromatic rings. The largest absolute Gasteiger partial charge is 0.453 e. The van der Waals surface area contributed by atoms with E-state index in [1.54, 1.807) is 9.80 Å². The van der Waals surface area contributed by atoms with Crippen molar-refractivity contribution in [3.8, 4) is 0 Å². The maximum atomic E-state index is 12.2. The number of likely N-dealkylation sites (tertiary alicyclic amines) is 1. The second-order valence-electron chi connectivity index (χ2n) is 5.56. The highest BCUT2D eigenvalue weighted by molar-refractivity contribution is 5.93. The van der Waals surface area contributed by atoms with E-state index in [0.717, 1.165) is 17.7 Å². The number of carbonyl (C=O) groups is 2. The molecule has 0 saturated carbocycles. The number of benzene rings is 1. The van der Waals surface area contributed by atoms with Gasteiger partial charge in [-0.15, -0.1) is 0 Å². The molecule has 2 aliphatic heterocycles. The summed E-state index contributed by atoms with van der Waals surface area (Å²) in [6, 6.07) is 7.71. The van der Waals surface area contributed by atoms with Gasteiger partial charge in [-0.25, -0.2) is 9.59 Å². The van der Waals surface area contributed by atoms with Gasteiger partial charge in [-0.05, 0) is 18.1 Å². The molecule has 1 saturated heterocycles. The normalized spacial score (nSPS) is 26.3. The number of amides is 2. The first-order valence-corrected chi connectivity index (χ1v) is 6.86. The standard InChI is InChI=1S/C15H18N2O4/c1-15-8-9-16(13(18)20-2)12(15)17(14(19)21-3)11-7-5-4-6-10(11)15/h4-7,12H,8-9H2,1-3H3/t12-,15+/m1/s1. The van der Waals surface area contributed by atoms with Crippen molar-refractivity contribution in [3.63, 3.8) is 0 Å². The van der Waals surface area contributed by atoms with E-state index in [1.807, 2.05) is 24.3 Å². The van der Waals surface area contributed by atoms with Gasteiger partial charge in [0.25, 0.3) is 0 Å². The van der Waals surface area contributed by atoms with Crippen LogP contribution in [-0.2, 0) is 14.9 Å². The van der Waals surface area contributed by atoms with Crippen molar-refractivity contribution >= 4 is 17.9 Å². The van der Waals surface area contributed by atoms with Crippen LogP contribution in [0.1, 0.15) is 18.9 Å². The molecule has 2 atom stereocenters. The Balaban J connectivity index is 2.13. The van der Waals surface area contributed by atoms with E-state index < -0.39 is 18.4 Å². The zero-order valence-electron chi connectivity index (χ0n) is 12.3. The number of rotatable bonds is 0. The van der Waals surface area contributed by atoms with E-state index in [2.05, 4.69) is 6.92 Å². The van der Waals surface area contributed by atoms with E-state index in [-0.39, 0.29) is 5.41 Å². The zero-order chi connectivity index (χ0) is 15.2. The molecule has 2 aliphatic rings. The lowest BCUT2D eigenvalue weighted by atomic mass is 9.81. The minimum atomic E-state index is -0.466. The van der Waals surface area contributed by atoms with Gasteiger partial charge in [0.1, 0.15) is 6.17 Å². The van der Waals surface area contributed by atoms with Crippen molar-refractivity contribution in [1.82, 2.24) is 4.90 Å². The first-order valence-electron chi connectivity index (χ1n) is 6.86. The molecule has 6 nitrogen and oxygen atoms in total. The van der Waals surface area contributed by atoms with Crippen LogP contribution in [0.2, 0.25) is 0 Å². The van der Waals surface area contributed by atoms with Crippen molar-refractivity contribution < 1.29 is 19.1 Å². The van der Waals surface area contributed by atoms with Gasteiger partial charge in [-0.2, -0.15) is 0 Å². The second kappa shape index (κ2) is 4.65. The highest BCUT2D eigenvalue weighted by Gasteiger charge is 2.58. The molecule has 112 valence electrons. The first kappa shape index (κ1) is 13.7. The molecule has 0 radical (unpaired) electrons. The topological polar surface area (TPSA) is 59.1 Å². The van der Waals surface area contributed by atoms with Crippen LogP contribution in [0.15, 0.2) is 24.3 Å². The minimum absolute atomic E-state index is 0.307. The summed E-state index contributed by atoms with van der Waals surface area (Å²) in [4.78, 5) is 27.4. The van der Waals surface area contributed by atoms with E-state index in [4.69, 9.17) is 9.47 Å². The molecular weight excluding hydrogens is 272 g/mol. The van der Waals surface area contributed by atoms with Crippen LogP contribution in [0.25, 0.3) is 0 Å². The number of methoxy groups -OCH3 is 2. The summed E-state index contributed by atoms with van der Waals surface area (Å²) >= 11 is 0. The molecule has 6 heteroatoms. The summed E-state index contributed by atoms with van der Waals surface area (Å²) in [5, 5.41) is 0. The van der Waals surface area contributed by atoms with E-state index in [9.17, 15) is 9.59 Å². The van der Waals surface area contributed by atoms with Crippen molar-refractivity contribution in [3.05, 3.63) is 29.8 Å². The monoisotopic (exact) mass is 290 g/mol. The number of hydrogen-bond donors (Lipinski definition) is 0. The van der Waals surface area contributed by atoms with E-state index in [1.165, 1.54) is 14.2 Å². The fraction of sp³-hybridized carbons (Fsp3) is 0.467. The summed E-state index contributed by atoms with van der Waals surface area (Å²) in [5.74, 6) is 0. The second-order valence-corrected chi connectivity index (χ2v) is 5.56. The van der Waals surface area contributed by atoms with Gasteiger partial charge in [0.05, 0.1) is 19.9 Å². The zero-order valence-corrected chi connectivity index (χ0v) is 12.3. The Hall–Kier alpha value is -2.24. The van der Waals surface area contributed by atoms with Crippen LogP contribution in [-0.4, -0.2) is 44.0 Å². The summed E-state index contributed by atoms with van der Waals surface area (Å²) in [5.41, 5.74) is 1.55. The molecule has 1 aromatic carbocycles. The third-order valence-corrected chi connectivity index (χ3v) is 4.54. The lowest BCUT2D eigenvalue weighted by Gasteiger charge is -2.33. The number of fused-ring (bicyclic) bond motifs is 3. The number of nitrogens with zero attached hydrogens (tertiary/aromatic N) is 2. The highest BCUT2D eigenvalue weighted by atomic mass is 16.6. The fourth-order valence-corrected chi connectivity index (χ4v) is 3.55. The molecule has 0 bridgehead atoms.